The number of esters is 1. The van der Waals surface area contributed by atoms with E-state index in [1.165, 1.54) is 5.56 Å². The van der Waals surface area contributed by atoms with Gasteiger partial charge in [0.15, 0.2) is 0 Å². The molecule has 0 bridgehead atoms. The Kier molecular flexibility index (Phi) is 9.26. The van der Waals surface area contributed by atoms with E-state index in [2.05, 4.69) is 31.4 Å². The number of benzene rings is 1. The summed E-state index contributed by atoms with van der Waals surface area (Å²) in [6.07, 6.45) is 7.23. The van der Waals surface area contributed by atoms with Crippen molar-refractivity contribution in [2.45, 2.75) is 70.4 Å². The summed E-state index contributed by atoms with van der Waals surface area (Å²) in [5.41, 5.74) is 4.61. The number of ether oxygens (including phenoxy) is 1. The minimum absolute atomic E-state index is 0.0745. The molecule has 0 saturated heterocycles. The Morgan fingerprint density at radius 1 is 1.18 bits per heavy atom. The maximum Gasteiger partial charge on any atom is 0.326 e. The maximum atomic E-state index is 13.2. The Labute approximate surface area is 235 Å². The van der Waals surface area contributed by atoms with E-state index in [9.17, 15) is 18.0 Å². The van der Waals surface area contributed by atoms with Crippen molar-refractivity contribution in [2.75, 3.05) is 18.5 Å². The highest BCUT2D eigenvalue weighted by molar-refractivity contribution is 7.89. The molecule has 4 rings (SSSR count). The van der Waals surface area contributed by atoms with Crippen LogP contribution in [-0.4, -0.2) is 55.5 Å². The number of fused-ring (bicyclic) bond motifs is 1. The second-order valence-electron chi connectivity index (χ2n) is 10.2. The van der Waals surface area contributed by atoms with Crippen LogP contribution in [0.3, 0.4) is 0 Å². The Morgan fingerprint density at radius 2 is 1.93 bits per heavy atom. The molecule has 0 radical (unpaired) electrons. The molecule has 1 aromatic carbocycles. The number of hydrogen-bond donors (Lipinski definition) is 4. The normalized spacial score (nSPS) is 15.6. The van der Waals surface area contributed by atoms with Crippen LogP contribution in [0.2, 0.25) is 0 Å². The number of pyridine rings is 1. The van der Waals surface area contributed by atoms with Gasteiger partial charge in [-0.15, -0.1) is 0 Å². The number of nitrogens with zero attached hydrogens (tertiary/aromatic N) is 1. The molecular weight excluding hydrogens is 530 g/mol. The van der Waals surface area contributed by atoms with Crippen LogP contribution < -0.4 is 15.4 Å². The first-order valence-corrected chi connectivity index (χ1v) is 15.0. The van der Waals surface area contributed by atoms with Gasteiger partial charge in [0.2, 0.25) is 10.0 Å². The zero-order valence-electron chi connectivity index (χ0n) is 23.3. The van der Waals surface area contributed by atoms with Crippen LogP contribution in [0.4, 0.5) is 5.82 Å². The zero-order valence-corrected chi connectivity index (χ0v) is 24.2. The van der Waals surface area contributed by atoms with Crippen molar-refractivity contribution >= 4 is 27.7 Å². The summed E-state index contributed by atoms with van der Waals surface area (Å²) in [6, 6.07) is 8.35. The number of aromatic amines is 1. The molecule has 0 spiro atoms. The van der Waals surface area contributed by atoms with E-state index >= 15 is 0 Å². The summed E-state index contributed by atoms with van der Waals surface area (Å²) in [7, 11) is -4.07. The molecule has 10 nitrogen and oxygen atoms in total. The van der Waals surface area contributed by atoms with E-state index in [-0.39, 0.29) is 18.0 Å². The topological polar surface area (TPSA) is 142 Å². The fraction of sp³-hybridized carbons (Fsp3) is 0.414. The molecule has 0 aliphatic carbocycles. The van der Waals surface area contributed by atoms with Gasteiger partial charge in [0.25, 0.3) is 5.91 Å². The smallest absolute Gasteiger partial charge is 0.326 e. The van der Waals surface area contributed by atoms with Gasteiger partial charge in [-0.05, 0) is 87.8 Å². The number of aryl methyl sites for hydroxylation is 5. The molecule has 214 valence electrons. The summed E-state index contributed by atoms with van der Waals surface area (Å²) in [4.78, 5) is 33.0. The van der Waals surface area contributed by atoms with Gasteiger partial charge in [-0.2, -0.15) is 4.72 Å². The van der Waals surface area contributed by atoms with Crippen LogP contribution in [0.1, 0.15) is 58.1 Å². The van der Waals surface area contributed by atoms with Crippen LogP contribution in [0.5, 0.6) is 0 Å². The van der Waals surface area contributed by atoms with Gasteiger partial charge in [0.1, 0.15) is 17.6 Å². The van der Waals surface area contributed by atoms with Crippen molar-refractivity contribution in [3.63, 3.8) is 0 Å². The van der Waals surface area contributed by atoms with Crippen LogP contribution in [0.25, 0.3) is 0 Å². The van der Waals surface area contributed by atoms with Gasteiger partial charge in [0, 0.05) is 25.0 Å². The number of nitrogens with one attached hydrogen (secondary N) is 4. The van der Waals surface area contributed by atoms with E-state index in [1.807, 2.05) is 13.0 Å². The zero-order chi connectivity index (χ0) is 28.9. The predicted molar refractivity (Wildman–Crippen MR) is 153 cm³/mol. The second-order valence-corrected chi connectivity index (χ2v) is 11.9. The lowest BCUT2D eigenvalue weighted by atomic mass is 9.96. The monoisotopic (exact) mass is 567 g/mol. The Balaban J connectivity index is 1.36. The lowest BCUT2D eigenvalue weighted by Gasteiger charge is -2.25. The highest BCUT2D eigenvalue weighted by Gasteiger charge is 2.29. The molecule has 11 heteroatoms. The average Bonchev–Trinajstić information content (AvgIpc) is 3.38. The number of H-pyrrole nitrogens is 1. The molecule has 2 atom stereocenters. The van der Waals surface area contributed by atoms with E-state index in [4.69, 9.17) is 4.74 Å². The van der Waals surface area contributed by atoms with Crippen LogP contribution in [0, 0.1) is 20.8 Å². The Hall–Kier alpha value is -3.70. The fourth-order valence-electron chi connectivity index (χ4n) is 5.18. The number of sulfonamides is 1. The van der Waals surface area contributed by atoms with E-state index < -0.39 is 27.9 Å². The lowest BCUT2D eigenvalue weighted by Crippen LogP contribution is -2.49. The summed E-state index contributed by atoms with van der Waals surface area (Å²) in [6.45, 7) is 6.74. The molecule has 0 saturated carbocycles. The predicted octanol–water partition coefficient (Wildman–Crippen LogP) is 3.33. The number of aromatic nitrogens is 2. The number of carbonyl (C=O) groups is 2. The molecule has 1 unspecified atom stereocenters. The fourth-order valence-corrected chi connectivity index (χ4v) is 6.82. The highest BCUT2D eigenvalue weighted by atomic mass is 32.2. The van der Waals surface area contributed by atoms with Crippen molar-refractivity contribution in [1.82, 2.24) is 20.0 Å². The largest absolute Gasteiger partial charge is 0.465 e. The standard InChI is InChI=1S/C29H37N5O5S/c1-5-39-29(36)25(34-40(37,38)26-19(3)13-18(2)14-20(26)4)17-32-28(35)24-15-21(16-31-24)8-10-23-11-9-22-7-6-12-30-27(22)33-23/h6-7,12-16,23,25,31,34H,5,8-11,17H2,1-4H3,(H,30,33)(H,32,35)/t23?,25-/m0/s1. The minimum Gasteiger partial charge on any atom is -0.465 e. The Morgan fingerprint density at radius 3 is 2.65 bits per heavy atom. The van der Waals surface area contributed by atoms with Crippen molar-refractivity contribution in [3.05, 3.63) is 76.2 Å². The van der Waals surface area contributed by atoms with Gasteiger partial charge >= 0.3 is 5.97 Å². The molecular formula is C29H37N5O5S. The van der Waals surface area contributed by atoms with Gasteiger partial charge in [-0.3, -0.25) is 9.59 Å². The van der Waals surface area contributed by atoms with Gasteiger partial charge in [-0.25, -0.2) is 13.4 Å². The SMILES string of the molecule is CCOC(=O)[C@H](CNC(=O)c1cc(CCC2CCc3cccnc3N2)c[nH]1)NS(=O)(=O)c1c(C)cc(C)cc1C. The summed E-state index contributed by atoms with van der Waals surface area (Å²) < 4.78 is 34.0. The van der Waals surface area contributed by atoms with Gasteiger partial charge in [0.05, 0.1) is 11.5 Å². The molecule has 4 N–H and O–H groups in total. The Bertz CT molecular complexity index is 1460. The molecule has 1 aliphatic rings. The van der Waals surface area contributed by atoms with Crippen LogP contribution >= 0.6 is 0 Å². The van der Waals surface area contributed by atoms with Crippen LogP contribution in [0.15, 0.2) is 47.6 Å². The van der Waals surface area contributed by atoms with Gasteiger partial charge in [-0.1, -0.05) is 23.8 Å². The van der Waals surface area contributed by atoms with Crippen molar-refractivity contribution < 1.29 is 22.7 Å². The van der Waals surface area contributed by atoms with E-state index in [1.54, 1.807) is 51.4 Å². The second kappa shape index (κ2) is 12.6. The van der Waals surface area contributed by atoms with Crippen LogP contribution in [-0.2, 0) is 32.4 Å². The maximum absolute atomic E-state index is 13.2. The third kappa shape index (κ3) is 7.08. The molecule has 3 aromatic rings. The quantitative estimate of drug-likeness (QED) is 0.260. The molecule has 40 heavy (non-hydrogen) atoms. The first kappa shape index (κ1) is 29.3. The highest BCUT2D eigenvalue weighted by Crippen LogP contribution is 2.25. The summed E-state index contributed by atoms with van der Waals surface area (Å²) in [5.74, 6) is -0.277. The third-order valence-electron chi connectivity index (χ3n) is 6.97. The minimum atomic E-state index is -4.07. The van der Waals surface area contributed by atoms with E-state index in [0.29, 0.717) is 22.9 Å². The number of hydrogen-bond acceptors (Lipinski definition) is 7. The lowest BCUT2D eigenvalue weighted by molar-refractivity contribution is -0.144. The number of amides is 1. The molecule has 1 amide bonds. The first-order chi connectivity index (χ1) is 19.1. The van der Waals surface area contributed by atoms with Gasteiger partial charge < -0.3 is 20.4 Å². The number of carbonyl (C=O) groups excluding carboxylic acids is 2. The van der Waals surface area contributed by atoms with Crippen molar-refractivity contribution in [2.24, 2.45) is 0 Å². The summed E-state index contributed by atoms with van der Waals surface area (Å²) >= 11 is 0. The molecule has 3 heterocycles. The first-order valence-electron chi connectivity index (χ1n) is 13.5. The average molecular weight is 568 g/mol. The van der Waals surface area contributed by atoms with Crippen molar-refractivity contribution in [1.29, 1.82) is 0 Å². The number of rotatable bonds is 11. The van der Waals surface area contributed by atoms with E-state index in [0.717, 1.165) is 42.6 Å². The number of anilines is 1. The molecule has 0 fully saturated rings. The molecule has 2 aromatic heterocycles. The summed E-state index contributed by atoms with van der Waals surface area (Å²) in [5, 5.41) is 6.15. The molecule has 1 aliphatic heterocycles. The third-order valence-corrected chi connectivity index (χ3v) is 8.75. The van der Waals surface area contributed by atoms with Crippen molar-refractivity contribution in [3.8, 4) is 0 Å².